The van der Waals surface area contributed by atoms with Gasteiger partial charge in [-0.15, -0.1) is 0 Å². The van der Waals surface area contributed by atoms with Crippen LogP contribution in [0.3, 0.4) is 0 Å². The molecule has 2 rings (SSSR count). The highest BCUT2D eigenvalue weighted by molar-refractivity contribution is 6.30. The largest absolute Gasteiger partial charge is 0.465 e. The zero-order chi connectivity index (χ0) is 13.8. The van der Waals surface area contributed by atoms with Gasteiger partial charge in [-0.3, -0.25) is 9.69 Å². The molecule has 0 bridgehead atoms. The third kappa shape index (κ3) is 2.96. The highest BCUT2D eigenvalue weighted by atomic mass is 35.5. The van der Waals surface area contributed by atoms with Crippen LogP contribution >= 0.6 is 11.6 Å². The van der Waals surface area contributed by atoms with E-state index in [-0.39, 0.29) is 6.04 Å². The number of benzene rings is 1. The highest BCUT2D eigenvalue weighted by Gasteiger charge is 2.26. The number of carbonyl (C=O) groups excluding carboxylic acids is 1. The van der Waals surface area contributed by atoms with Crippen LogP contribution in [-0.4, -0.2) is 28.9 Å². The summed E-state index contributed by atoms with van der Waals surface area (Å²) in [6.07, 6.45) is 4.96. The van der Waals surface area contributed by atoms with E-state index in [9.17, 15) is 14.7 Å². The van der Waals surface area contributed by atoms with Crippen LogP contribution in [0.25, 0.3) is 0 Å². The first-order chi connectivity index (χ1) is 9.13. The molecule has 5 heteroatoms. The number of halogens is 1. The summed E-state index contributed by atoms with van der Waals surface area (Å²) in [6, 6.07) is 4.60. The number of carboxylic acid groups (broad SMARTS) is 1. The SMILES string of the molecule is O=Cc1ccc(Cl)cc1C1CCC=CCN1C(=O)O. The number of aldehydes is 1. The Hall–Kier alpha value is -1.81. The summed E-state index contributed by atoms with van der Waals surface area (Å²) in [7, 11) is 0. The number of nitrogens with zero attached hydrogens (tertiary/aromatic N) is 1. The Balaban J connectivity index is 2.44. The second kappa shape index (κ2) is 5.89. The van der Waals surface area contributed by atoms with Gasteiger partial charge >= 0.3 is 6.09 Å². The third-order valence-corrected chi connectivity index (χ3v) is 3.47. The first kappa shape index (κ1) is 13.6. The second-order valence-corrected chi connectivity index (χ2v) is 4.83. The maximum atomic E-state index is 11.3. The van der Waals surface area contributed by atoms with E-state index in [2.05, 4.69) is 0 Å². The second-order valence-electron chi connectivity index (χ2n) is 4.39. The van der Waals surface area contributed by atoms with Gasteiger partial charge in [-0.2, -0.15) is 0 Å². The summed E-state index contributed by atoms with van der Waals surface area (Å²) >= 11 is 5.96. The number of allylic oxidation sites excluding steroid dienone is 1. The molecule has 19 heavy (non-hydrogen) atoms. The van der Waals surface area contributed by atoms with Gasteiger partial charge in [0.2, 0.25) is 0 Å². The van der Waals surface area contributed by atoms with Gasteiger partial charge in [-0.25, -0.2) is 4.79 Å². The van der Waals surface area contributed by atoms with Gasteiger partial charge in [0.25, 0.3) is 0 Å². The minimum absolute atomic E-state index is 0.324. The van der Waals surface area contributed by atoms with Gasteiger partial charge in [0.1, 0.15) is 6.29 Å². The van der Waals surface area contributed by atoms with Crippen LogP contribution in [0.1, 0.15) is 34.8 Å². The van der Waals surface area contributed by atoms with E-state index in [1.807, 2.05) is 12.2 Å². The standard InChI is InChI=1S/C14H14ClNO3/c15-11-6-5-10(9-17)12(8-11)13-4-2-1-3-7-16(13)14(18)19/h1,3,5-6,8-9,13H,2,4,7H2,(H,18,19). The summed E-state index contributed by atoms with van der Waals surface area (Å²) in [4.78, 5) is 23.8. The van der Waals surface area contributed by atoms with Crippen molar-refractivity contribution in [2.24, 2.45) is 0 Å². The molecule has 0 fully saturated rings. The van der Waals surface area contributed by atoms with Crippen LogP contribution in [0.4, 0.5) is 4.79 Å². The van der Waals surface area contributed by atoms with E-state index in [4.69, 9.17) is 11.6 Å². The van der Waals surface area contributed by atoms with Crippen molar-refractivity contribution in [3.8, 4) is 0 Å². The van der Waals surface area contributed by atoms with Crippen molar-refractivity contribution in [1.82, 2.24) is 4.90 Å². The zero-order valence-corrected chi connectivity index (χ0v) is 11.0. The summed E-state index contributed by atoms with van der Waals surface area (Å²) in [5.74, 6) is 0. The molecule has 0 aliphatic carbocycles. The zero-order valence-electron chi connectivity index (χ0n) is 10.3. The summed E-state index contributed by atoms with van der Waals surface area (Å²) < 4.78 is 0. The molecular formula is C14H14ClNO3. The highest BCUT2D eigenvalue weighted by Crippen LogP contribution is 2.31. The Labute approximate surface area is 116 Å². The van der Waals surface area contributed by atoms with Crippen molar-refractivity contribution in [3.05, 3.63) is 46.5 Å². The van der Waals surface area contributed by atoms with E-state index in [1.54, 1.807) is 18.2 Å². The topological polar surface area (TPSA) is 57.6 Å². The van der Waals surface area contributed by atoms with Crippen molar-refractivity contribution in [2.75, 3.05) is 6.54 Å². The van der Waals surface area contributed by atoms with Crippen molar-refractivity contribution in [3.63, 3.8) is 0 Å². The molecule has 1 atom stereocenters. The average molecular weight is 280 g/mol. The van der Waals surface area contributed by atoms with Crippen LogP contribution < -0.4 is 0 Å². The van der Waals surface area contributed by atoms with Crippen LogP contribution in [0.2, 0.25) is 5.02 Å². The predicted molar refractivity (Wildman–Crippen MR) is 72.7 cm³/mol. The summed E-state index contributed by atoms with van der Waals surface area (Å²) in [5, 5.41) is 9.80. The van der Waals surface area contributed by atoms with E-state index in [0.717, 1.165) is 12.7 Å². The Kier molecular flexibility index (Phi) is 4.22. The summed E-state index contributed by atoms with van der Waals surface area (Å²) in [6.45, 7) is 0.324. The van der Waals surface area contributed by atoms with Crippen LogP contribution in [0.15, 0.2) is 30.4 Å². The van der Waals surface area contributed by atoms with E-state index < -0.39 is 6.09 Å². The predicted octanol–water partition coefficient (Wildman–Crippen LogP) is 3.52. The van der Waals surface area contributed by atoms with Gasteiger partial charge < -0.3 is 5.11 Å². The molecule has 0 saturated heterocycles. The van der Waals surface area contributed by atoms with E-state index >= 15 is 0 Å². The number of hydrogen-bond acceptors (Lipinski definition) is 2. The molecule has 1 aromatic carbocycles. The quantitative estimate of drug-likeness (QED) is 0.665. The fourth-order valence-electron chi connectivity index (χ4n) is 2.32. The lowest BCUT2D eigenvalue weighted by molar-refractivity contribution is 0.111. The number of amides is 1. The average Bonchev–Trinajstić information content (AvgIpc) is 2.64. The van der Waals surface area contributed by atoms with Crippen LogP contribution in [-0.2, 0) is 0 Å². The van der Waals surface area contributed by atoms with Gasteiger partial charge in [-0.05, 0) is 36.6 Å². The Morgan fingerprint density at radius 1 is 1.42 bits per heavy atom. The minimum atomic E-state index is -0.992. The molecule has 1 amide bonds. The van der Waals surface area contributed by atoms with Crippen molar-refractivity contribution in [1.29, 1.82) is 0 Å². The van der Waals surface area contributed by atoms with Gasteiger partial charge in [0.15, 0.2) is 0 Å². The molecule has 1 aliphatic rings. The fourth-order valence-corrected chi connectivity index (χ4v) is 2.50. The van der Waals surface area contributed by atoms with E-state index in [1.165, 1.54) is 4.90 Å². The number of rotatable bonds is 2. The first-order valence-electron chi connectivity index (χ1n) is 6.02. The molecule has 1 unspecified atom stereocenters. The van der Waals surface area contributed by atoms with Gasteiger partial charge in [0.05, 0.1) is 6.04 Å². The molecule has 100 valence electrons. The molecule has 1 heterocycles. The molecule has 0 aromatic heterocycles. The van der Waals surface area contributed by atoms with Gasteiger partial charge in [0, 0.05) is 17.1 Å². The molecule has 0 spiro atoms. The molecule has 0 radical (unpaired) electrons. The normalized spacial score (nSPS) is 19.0. The molecule has 1 aromatic rings. The molecular weight excluding hydrogens is 266 g/mol. The maximum Gasteiger partial charge on any atom is 0.408 e. The third-order valence-electron chi connectivity index (χ3n) is 3.23. The van der Waals surface area contributed by atoms with Crippen LogP contribution in [0, 0.1) is 0 Å². The lowest BCUT2D eigenvalue weighted by Gasteiger charge is -2.28. The fraction of sp³-hybridized carbons (Fsp3) is 0.286. The Morgan fingerprint density at radius 3 is 2.89 bits per heavy atom. The first-order valence-corrected chi connectivity index (χ1v) is 6.40. The smallest absolute Gasteiger partial charge is 0.408 e. The van der Waals surface area contributed by atoms with Crippen molar-refractivity contribution < 1.29 is 14.7 Å². The molecule has 0 saturated carbocycles. The molecule has 1 aliphatic heterocycles. The summed E-state index contributed by atoms with van der Waals surface area (Å²) in [5.41, 5.74) is 1.16. The number of hydrogen-bond donors (Lipinski definition) is 1. The molecule has 4 nitrogen and oxygen atoms in total. The minimum Gasteiger partial charge on any atom is -0.465 e. The van der Waals surface area contributed by atoms with Crippen molar-refractivity contribution in [2.45, 2.75) is 18.9 Å². The number of carbonyl (C=O) groups is 2. The van der Waals surface area contributed by atoms with E-state index in [0.29, 0.717) is 29.1 Å². The Bertz CT molecular complexity index is 527. The van der Waals surface area contributed by atoms with Crippen molar-refractivity contribution >= 4 is 24.0 Å². The lowest BCUT2D eigenvalue weighted by atomic mass is 9.96. The monoisotopic (exact) mass is 279 g/mol. The Morgan fingerprint density at radius 2 is 2.21 bits per heavy atom. The maximum absolute atomic E-state index is 11.3. The van der Waals surface area contributed by atoms with Crippen LogP contribution in [0.5, 0.6) is 0 Å². The lowest BCUT2D eigenvalue weighted by Crippen LogP contribution is -2.33. The van der Waals surface area contributed by atoms with Gasteiger partial charge in [-0.1, -0.05) is 23.8 Å². The molecule has 1 N–H and O–H groups in total.